The monoisotopic (exact) mass is 236 g/mol. The lowest BCUT2D eigenvalue weighted by atomic mass is 10.0. The third-order valence-electron chi connectivity index (χ3n) is 2.80. The Morgan fingerprint density at radius 2 is 1.76 bits per heavy atom. The largest absolute Gasteiger partial charge is 0.496 e. The molecule has 0 amide bonds. The second-order valence-corrected chi connectivity index (χ2v) is 4.19. The molecule has 17 heavy (non-hydrogen) atoms. The van der Waals surface area contributed by atoms with E-state index >= 15 is 0 Å². The molecule has 0 aliphatic carbocycles. The van der Waals surface area contributed by atoms with Crippen molar-refractivity contribution in [3.8, 4) is 5.75 Å². The Morgan fingerprint density at radius 1 is 1.18 bits per heavy atom. The molecule has 0 saturated carbocycles. The van der Waals surface area contributed by atoms with Crippen molar-refractivity contribution in [2.45, 2.75) is 33.1 Å². The molecule has 0 spiro atoms. The van der Waals surface area contributed by atoms with Gasteiger partial charge >= 0.3 is 5.97 Å². The van der Waals surface area contributed by atoms with E-state index in [1.165, 1.54) is 12.7 Å². The van der Waals surface area contributed by atoms with Crippen molar-refractivity contribution < 1.29 is 14.3 Å². The molecule has 0 radical (unpaired) electrons. The van der Waals surface area contributed by atoms with Gasteiger partial charge in [0.15, 0.2) is 0 Å². The molecule has 0 aromatic heterocycles. The Morgan fingerprint density at radius 3 is 2.24 bits per heavy atom. The Labute approximate surface area is 103 Å². The van der Waals surface area contributed by atoms with E-state index in [1.807, 2.05) is 13.8 Å². The topological polar surface area (TPSA) is 35.5 Å². The van der Waals surface area contributed by atoms with Crippen molar-refractivity contribution in [2.24, 2.45) is 0 Å². The summed E-state index contributed by atoms with van der Waals surface area (Å²) in [5.74, 6) is 0.800. The highest BCUT2D eigenvalue weighted by atomic mass is 16.5. The van der Waals surface area contributed by atoms with Gasteiger partial charge < -0.3 is 9.47 Å². The van der Waals surface area contributed by atoms with E-state index in [1.54, 1.807) is 7.11 Å². The van der Waals surface area contributed by atoms with Gasteiger partial charge in [-0.1, -0.05) is 12.1 Å². The molecule has 0 saturated heterocycles. The fourth-order valence-electron chi connectivity index (χ4n) is 2.05. The van der Waals surface area contributed by atoms with Crippen molar-refractivity contribution in [3.63, 3.8) is 0 Å². The standard InChI is InChI=1S/C14H20O3/c1-10-8-12(6-5-7-13(15)16-3)9-11(2)14(10)17-4/h8-9H,5-7H2,1-4H3. The highest BCUT2D eigenvalue weighted by molar-refractivity contribution is 5.69. The predicted octanol–water partition coefficient (Wildman–Crippen LogP) is 2.81. The van der Waals surface area contributed by atoms with Gasteiger partial charge in [0.05, 0.1) is 14.2 Å². The van der Waals surface area contributed by atoms with Gasteiger partial charge in [0.2, 0.25) is 0 Å². The molecule has 3 nitrogen and oxygen atoms in total. The first-order chi connectivity index (χ1) is 8.08. The van der Waals surface area contributed by atoms with Crippen molar-refractivity contribution >= 4 is 5.97 Å². The van der Waals surface area contributed by atoms with Crippen molar-refractivity contribution in [1.29, 1.82) is 0 Å². The van der Waals surface area contributed by atoms with E-state index < -0.39 is 0 Å². The maximum atomic E-state index is 11.0. The number of hydrogen-bond acceptors (Lipinski definition) is 3. The summed E-state index contributed by atoms with van der Waals surface area (Å²) in [5.41, 5.74) is 3.52. The number of carbonyl (C=O) groups is 1. The van der Waals surface area contributed by atoms with Crippen molar-refractivity contribution in [3.05, 3.63) is 28.8 Å². The number of methoxy groups -OCH3 is 2. The van der Waals surface area contributed by atoms with E-state index in [-0.39, 0.29) is 5.97 Å². The number of ether oxygens (including phenoxy) is 2. The minimum Gasteiger partial charge on any atom is -0.496 e. The summed E-state index contributed by atoms with van der Waals surface area (Å²) in [6.45, 7) is 4.07. The maximum Gasteiger partial charge on any atom is 0.305 e. The second-order valence-electron chi connectivity index (χ2n) is 4.19. The van der Waals surface area contributed by atoms with Gasteiger partial charge in [-0.15, -0.1) is 0 Å². The molecule has 1 aromatic carbocycles. The summed E-state index contributed by atoms with van der Waals surface area (Å²) in [5, 5.41) is 0. The van der Waals surface area contributed by atoms with Crippen molar-refractivity contribution in [2.75, 3.05) is 14.2 Å². The van der Waals surface area contributed by atoms with Gasteiger partial charge in [-0.25, -0.2) is 0 Å². The zero-order chi connectivity index (χ0) is 12.8. The summed E-state index contributed by atoms with van der Waals surface area (Å²) in [7, 11) is 3.11. The van der Waals surface area contributed by atoms with Crippen LogP contribution in [0.25, 0.3) is 0 Å². The molecule has 0 aliphatic rings. The van der Waals surface area contributed by atoms with E-state index in [0.717, 1.165) is 29.7 Å². The minimum atomic E-state index is -0.146. The van der Waals surface area contributed by atoms with Crippen LogP contribution in [0.15, 0.2) is 12.1 Å². The molecule has 0 bridgehead atoms. The summed E-state index contributed by atoms with van der Waals surface area (Å²) < 4.78 is 9.93. The molecule has 0 unspecified atom stereocenters. The lowest BCUT2D eigenvalue weighted by Gasteiger charge is -2.11. The minimum absolute atomic E-state index is 0.146. The molecule has 0 fully saturated rings. The Kier molecular flexibility index (Phi) is 5.01. The molecule has 1 aromatic rings. The van der Waals surface area contributed by atoms with Gasteiger partial charge in [-0.2, -0.15) is 0 Å². The molecule has 0 N–H and O–H groups in total. The van der Waals surface area contributed by atoms with Gasteiger partial charge in [0, 0.05) is 6.42 Å². The van der Waals surface area contributed by atoms with Gasteiger partial charge in [0.25, 0.3) is 0 Å². The fraction of sp³-hybridized carbons (Fsp3) is 0.500. The Hall–Kier alpha value is -1.51. The van der Waals surface area contributed by atoms with Crippen LogP contribution in [0.4, 0.5) is 0 Å². The van der Waals surface area contributed by atoms with Crippen LogP contribution in [0.2, 0.25) is 0 Å². The van der Waals surface area contributed by atoms with Crippen molar-refractivity contribution in [1.82, 2.24) is 0 Å². The van der Waals surface area contributed by atoms with E-state index in [2.05, 4.69) is 16.9 Å². The normalized spacial score (nSPS) is 10.1. The average Bonchev–Trinajstić information content (AvgIpc) is 2.28. The van der Waals surface area contributed by atoms with Gasteiger partial charge in [-0.05, 0) is 43.4 Å². The zero-order valence-electron chi connectivity index (χ0n) is 11.0. The SMILES string of the molecule is COC(=O)CCCc1cc(C)c(OC)c(C)c1. The average molecular weight is 236 g/mol. The lowest BCUT2D eigenvalue weighted by Crippen LogP contribution is -2.01. The summed E-state index contributed by atoms with van der Waals surface area (Å²) in [4.78, 5) is 11.0. The van der Waals surface area contributed by atoms with Crippen LogP contribution in [0.5, 0.6) is 5.75 Å². The number of rotatable bonds is 5. The third kappa shape index (κ3) is 3.77. The second kappa shape index (κ2) is 6.28. The number of aryl methyl sites for hydroxylation is 3. The molecular formula is C14H20O3. The summed E-state index contributed by atoms with van der Waals surface area (Å²) >= 11 is 0. The Balaban J connectivity index is 2.64. The molecule has 0 atom stereocenters. The van der Waals surface area contributed by atoms with E-state index in [4.69, 9.17) is 4.74 Å². The van der Waals surface area contributed by atoms with Gasteiger partial charge in [-0.3, -0.25) is 4.79 Å². The molecule has 0 aliphatic heterocycles. The first-order valence-corrected chi connectivity index (χ1v) is 5.79. The first kappa shape index (κ1) is 13.6. The fourth-order valence-corrected chi connectivity index (χ4v) is 2.05. The predicted molar refractivity (Wildman–Crippen MR) is 67.4 cm³/mol. The quantitative estimate of drug-likeness (QED) is 0.737. The van der Waals surface area contributed by atoms with E-state index in [0.29, 0.717) is 6.42 Å². The smallest absolute Gasteiger partial charge is 0.305 e. The van der Waals surface area contributed by atoms with Crippen LogP contribution >= 0.6 is 0 Å². The molecule has 1 rings (SSSR count). The molecule has 0 heterocycles. The highest BCUT2D eigenvalue weighted by Crippen LogP contribution is 2.24. The van der Waals surface area contributed by atoms with Crippen LogP contribution in [0, 0.1) is 13.8 Å². The first-order valence-electron chi connectivity index (χ1n) is 5.79. The van der Waals surface area contributed by atoms with E-state index in [9.17, 15) is 4.79 Å². The van der Waals surface area contributed by atoms with Crippen LogP contribution in [0.1, 0.15) is 29.5 Å². The molecular weight excluding hydrogens is 216 g/mol. The van der Waals surface area contributed by atoms with Crippen LogP contribution in [-0.2, 0) is 16.0 Å². The number of benzene rings is 1. The maximum absolute atomic E-state index is 11.0. The highest BCUT2D eigenvalue weighted by Gasteiger charge is 2.06. The number of hydrogen-bond donors (Lipinski definition) is 0. The summed E-state index contributed by atoms with van der Waals surface area (Å²) in [6.07, 6.45) is 2.18. The van der Waals surface area contributed by atoms with Crippen LogP contribution < -0.4 is 4.74 Å². The van der Waals surface area contributed by atoms with Crippen LogP contribution in [0.3, 0.4) is 0 Å². The third-order valence-corrected chi connectivity index (χ3v) is 2.80. The molecule has 94 valence electrons. The van der Waals surface area contributed by atoms with Crippen LogP contribution in [-0.4, -0.2) is 20.2 Å². The number of esters is 1. The number of carbonyl (C=O) groups excluding carboxylic acids is 1. The van der Waals surface area contributed by atoms with Gasteiger partial charge in [0.1, 0.15) is 5.75 Å². The lowest BCUT2D eigenvalue weighted by molar-refractivity contribution is -0.140. The zero-order valence-corrected chi connectivity index (χ0v) is 11.0. The Bertz CT molecular complexity index is 373. The summed E-state index contributed by atoms with van der Waals surface area (Å²) in [6, 6.07) is 4.23. The molecule has 3 heteroatoms.